The lowest BCUT2D eigenvalue weighted by Crippen LogP contribution is -2.40. The highest BCUT2D eigenvalue weighted by atomic mass is 79.9. The van der Waals surface area contributed by atoms with Gasteiger partial charge in [0.05, 0.1) is 11.2 Å². The van der Waals surface area contributed by atoms with Crippen molar-refractivity contribution in [1.29, 1.82) is 0 Å². The van der Waals surface area contributed by atoms with Gasteiger partial charge in [0.2, 0.25) is 0 Å². The number of nitrogens with one attached hydrogen (secondary N) is 1. The SMILES string of the molecule is CCOC(C)(C)CNC(=O)c1ccc(Cl)cc1Br. The number of hydrogen-bond acceptors (Lipinski definition) is 2. The molecule has 18 heavy (non-hydrogen) atoms. The van der Waals surface area contributed by atoms with Crippen molar-refractivity contribution >= 4 is 33.4 Å². The van der Waals surface area contributed by atoms with Crippen LogP contribution in [0.15, 0.2) is 22.7 Å². The second-order valence-corrected chi connectivity index (χ2v) is 5.79. The lowest BCUT2D eigenvalue weighted by molar-refractivity contribution is -0.00815. The van der Waals surface area contributed by atoms with Crippen molar-refractivity contribution in [2.24, 2.45) is 0 Å². The first-order valence-corrected chi connectivity index (χ1v) is 6.90. The highest BCUT2D eigenvalue weighted by Gasteiger charge is 2.19. The second kappa shape index (κ2) is 6.55. The Bertz CT molecular complexity index is 435. The van der Waals surface area contributed by atoms with Gasteiger partial charge in [-0.05, 0) is 54.9 Å². The average Bonchev–Trinajstić information content (AvgIpc) is 2.26. The zero-order chi connectivity index (χ0) is 13.8. The normalized spacial score (nSPS) is 11.4. The highest BCUT2D eigenvalue weighted by molar-refractivity contribution is 9.10. The summed E-state index contributed by atoms with van der Waals surface area (Å²) < 4.78 is 6.20. The molecular formula is C13H17BrClNO2. The molecule has 100 valence electrons. The first-order chi connectivity index (χ1) is 8.35. The van der Waals surface area contributed by atoms with Crippen LogP contribution in [0.5, 0.6) is 0 Å². The number of hydrogen-bond donors (Lipinski definition) is 1. The first kappa shape index (κ1) is 15.5. The van der Waals surface area contributed by atoms with E-state index in [9.17, 15) is 4.79 Å². The van der Waals surface area contributed by atoms with Crippen molar-refractivity contribution < 1.29 is 9.53 Å². The van der Waals surface area contributed by atoms with Crippen LogP contribution in [0.25, 0.3) is 0 Å². The Balaban J connectivity index is 2.66. The number of rotatable bonds is 5. The number of amides is 1. The molecule has 0 heterocycles. The summed E-state index contributed by atoms with van der Waals surface area (Å²) in [5.74, 6) is -0.147. The van der Waals surface area contributed by atoms with E-state index in [1.54, 1.807) is 18.2 Å². The van der Waals surface area contributed by atoms with Gasteiger partial charge in [0.15, 0.2) is 0 Å². The van der Waals surface area contributed by atoms with Gasteiger partial charge >= 0.3 is 0 Å². The van der Waals surface area contributed by atoms with Crippen LogP contribution < -0.4 is 5.32 Å². The van der Waals surface area contributed by atoms with Crippen LogP contribution in [0.2, 0.25) is 5.02 Å². The molecular weight excluding hydrogens is 318 g/mol. The number of benzene rings is 1. The molecule has 0 unspecified atom stereocenters. The van der Waals surface area contributed by atoms with E-state index < -0.39 is 0 Å². The summed E-state index contributed by atoms with van der Waals surface area (Å²) in [6, 6.07) is 5.08. The Morgan fingerprint density at radius 1 is 1.50 bits per heavy atom. The third-order valence-corrected chi connectivity index (χ3v) is 3.28. The van der Waals surface area contributed by atoms with Crippen LogP contribution in [0, 0.1) is 0 Å². The van der Waals surface area contributed by atoms with Crippen molar-refractivity contribution in [3.63, 3.8) is 0 Å². The van der Waals surface area contributed by atoms with Crippen LogP contribution >= 0.6 is 27.5 Å². The molecule has 0 aromatic heterocycles. The van der Waals surface area contributed by atoms with Gasteiger partial charge in [-0.2, -0.15) is 0 Å². The molecule has 1 aromatic carbocycles. The van der Waals surface area contributed by atoms with Crippen molar-refractivity contribution in [2.45, 2.75) is 26.4 Å². The fourth-order valence-electron chi connectivity index (χ4n) is 1.50. The lowest BCUT2D eigenvalue weighted by atomic mass is 10.1. The number of carbonyl (C=O) groups is 1. The molecule has 0 aliphatic rings. The van der Waals surface area contributed by atoms with E-state index in [1.165, 1.54) is 0 Å². The topological polar surface area (TPSA) is 38.3 Å². The summed E-state index contributed by atoms with van der Waals surface area (Å²) in [6.07, 6.45) is 0. The molecule has 0 radical (unpaired) electrons. The van der Waals surface area contributed by atoms with E-state index in [0.29, 0.717) is 28.2 Å². The van der Waals surface area contributed by atoms with Gasteiger partial charge in [-0.25, -0.2) is 0 Å². The lowest BCUT2D eigenvalue weighted by Gasteiger charge is -2.25. The van der Waals surface area contributed by atoms with E-state index in [1.807, 2.05) is 20.8 Å². The predicted molar refractivity (Wildman–Crippen MR) is 77.2 cm³/mol. The summed E-state index contributed by atoms with van der Waals surface area (Å²) in [7, 11) is 0. The summed E-state index contributed by atoms with van der Waals surface area (Å²) in [4.78, 5) is 12.0. The third kappa shape index (κ3) is 4.59. The molecule has 3 nitrogen and oxygen atoms in total. The van der Waals surface area contributed by atoms with Gasteiger partial charge < -0.3 is 10.1 Å². The summed E-state index contributed by atoms with van der Waals surface area (Å²) in [6.45, 7) is 6.88. The van der Waals surface area contributed by atoms with Crippen LogP contribution in [0.1, 0.15) is 31.1 Å². The predicted octanol–water partition coefficient (Wildman–Crippen LogP) is 3.65. The maximum Gasteiger partial charge on any atom is 0.252 e. The molecule has 0 fully saturated rings. The molecule has 1 N–H and O–H groups in total. The summed E-state index contributed by atoms with van der Waals surface area (Å²) in [5, 5.41) is 3.44. The van der Waals surface area contributed by atoms with Crippen molar-refractivity contribution in [3.8, 4) is 0 Å². The number of halogens is 2. The Morgan fingerprint density at radius 2 is 2.17 bits per heavy atom. The van der Waals surface area contributed by atoms with Crippen LogP contribution in [0.3, 0.4) is 0 Å². The monoisotopic (exact) mass is 333 g/mol. The molecule has 0 bridgehead atoms. The largest absolute Gasteiger partial charge is 0.374 e. The van der Waals surface area contributed by atoms with E-state index in [2.05, 4.69) is 21.2 Å². The van der Waals surface area contributed by atoms with E-state index in [0.717, 1.165) is 0 Å². The average molecular weight is 335 g/mol. The zero-order valence-corrected chi connectivity index (χ0v) is 13.1. The van der Waals surface area contributed by atoms with Crippen LogP contribution in [-0.2, 0) is 4.74 Å². The Hall–Kier alpha value is -0.580. The number of ether oxygens (including phenoxy) is 1. The molecule has 5 heteroatoms. The minimum absolute atomic E-state index is 0.147. The smallest absolute Gasteiger partial charge is 0.252 e. The van der Waals surface area contributed by atoms with Gasteiger partial charge in [-0.15, -0.1) is 0 Å². The molecule has 1 amide bonds. The fourth-order valence-corrected chi connectivity index (χ4v) is 2.37. The zero-order valence-electron chi connectivity index (χ0n) is 10.7. The fraction of sp³-hybridized carbons (Fsp3) is 0.462. The van der Waals surface area contributed by atoms with Gasteiger partial charge in [0.25, 0.3) is 5.91 Å². The summed E-state index contributed by atoms with van der Waals surface area (Å²) in [5.41, 5.74) is 0.190. The van der Waals surface area contributed by atoms with Gasteiger partial charge in [0, 0.05) is 22.6 Å². The van der Waals surface area contributed by atoms with Gasteiger partial charge in [0.1, 0.15) is 0 Å². The molecule has 0 spiro atoms. The molecule has 0 atom stereocenters. The Labute approximate surface area is 121 Å². The molecule has 0 aliphatic heterocycles. The third-order valence-electron chi connectivity index (χ3n) is 2.39. The van der Waals surface area contributed by atoms with Crippen molar-refractivity contribution in [1.82, 2.24) is 5.32 Å². The Morgan fingerprint density at radius 3 is 2.72 bits per heavy atom. The Kier molecular flexibility index (Phi) is 5.63. The van der Waals surface area contributed by atoms with Gasteiger partial charge in [-0.1, -0.05) is 11.6 Å². The first-order valence-electron chi connectivity index (χ1n) is 5.73. The summed E-state index contributed by atoms with van der Waals surface area (Å²) >= 11 is 9.15. The maximum absolute atomic E-state index is 12.0. The number of carbonyl (C=O) groups excluding carboxylic acids is 1. The van der Waals surface area contributed by atoms with Gasteiger partial charge in [-0.3, -0.25) is 4.79 Å². The quantitative estimate of drug-likeness (QED) is 0.892. The molecule has 1 rings (SSSR count). The van der Waals surface area contributed by atoms with E-state index in [4.69, 9.17) is 16.3 Å². The van der Waals surface area contributed by atoms with Crippen molar-refractivity contribution in [2.75, 3.05) is 13.2 Å². The molecule has 0 aliphatic carbocycles. The molecule has 0 saturated carbocycles. The minimum atomic E-state index is -0.372. The van der Waals surface area contributed by atoms with Crippen molar-refractivity contribution in [3.05, 3.63) is 33.3 Å². The second-order valence-electron chi connectivity index (χ2n) is 4.50. The van der Waals surface area contributed by atoms with E-state index in [-0.39, 0.29) is 11.5 Å². The van der Waals surface area contributed by atoms with Crippen LogP contribution in [-0.4, -0.2) is 24.7 Å². The minimum Gasteiger partial charge on any atom is -0.374 e. The molecule has 1 aromatic rings. The van der Waals surface area contributed by atoms with E-state index >= 15 is 0 Å². The standard InChI is InChI=1S/C13H17BrClNO2/c1-4-18-13(2,3)8-16-12(17)10-6-5-9(15)7-11(10)14/h5-7H,4,8H2,1-3H3,(H,16,17). The maximum atomic E-state index is 12.0. The van der Waals surface area contributed by atoms with Crippen LogP contribution in [0.4, 0.5) is 0 Å². The highest BCUT2D eigenvalue weighted by Crippen LogP contribution is 2.21. The molecule has 0 saturated heterocycles.